The first kappa shape index (κ1) is 11.4. The van der Waals surface area contributed by atoms with Crippen molar-refractivity contribution in [3.63, 3.8) is 0 Å². The molecule has 16 heavy (non-hydrogen) atoms. The Bertz CT molecular complexity index is 400. The molecule has 1 aliphatic rings. The maximum absolute atomic E-state index is 11.4. The fourth-order valence-corrected chi connectivity index (χ4v) is 2.62. The number of pyridine rings is 1. The molecule has 1 heterocycles. The Morgan fingerprint density at radius 2 is 2.19 bits per heavy atom. The zero-order chi connectivity index (χ0) is 11.6. The number of hydrogen-bond donors (Lipinski definition) is 1. The van der Waals surface area contributed by atoms with Crippen molar-refractivity contribution in [2.24, 2.45) is 5.41 Å². The molecule has 0 unspecified atom stereocenters. The molecule has 0 saturated heterocycles. The van der Waals surface area contributed by atoms with E-state index in [4.69, 9.17) is 11.6 Å². The Kier molecular flexibility index (Phi) is 3.15. The highest BCUT2D eigenvalue weighted by molar-refractivity contribution is 6.31. The monoisotopic (exact) mass is 239 g/mol. The molecule has 4 heteroatoms. The van der Waals surface area contributed by atoms with Gasteiger partial charge < -0.3 is 5.11 Å². The van der Waals surface area contributed by atoms with Crippen molar-refractivity contribution in [3.05, 3.63) is 29.0 Å². The van der Waals surface area contributed by atoms with Crippen LogP contribution in [0.25, 0.3) is 0 Å². The maximum Gasteiger partial charge on any atom is 0.309 e. The van der Waals surface area contributed by atoms with Gasteiger partial charge in [0, 0.05) is 12.4 Å². The Balaban J connectivity index is 2.25. The van der Waals surface area contributed by atoms with Gasteiger partial charge in [-0.1, -0.05) is 24.4 Å². The zero-order valence-electron chi connectivity index (χ0n) is 8.95. The lowest BCUT2D eigenvalue weighted by molar-refractivity contribution is -0.148. The summed E-state index contributed by atoms with van der Waals surface area (Å²) in [5, 5.41) is 9.92. The second kappa shape index (κ2) is 4.42. The molecule has 2 rings (SSSR count). The SMILES string of the molecule is O=C(O)C1(Cc2ccncc2Cl)CCCC1. The molecule has 1 aromatic rings. The molecule has 0 bridgehead atoms. The van der Waals surface area contributed by atoms with Gasteiger partial charge in [0.1, 0.15) is 0 Å². The van der Waals surface area contributed by atoms with Gasteiger partial charge >= 0.3 is 5.97 Å². The zero-order valence-corrected chi connectivity index (χ0v) is 9.70. The molecule has 0 radical (unpaired) electrons. The number of rotatable bonds is 3. The highest BCUT2D eigenvalue weighted by Gasteiger charge is 2.41. The number of carbonyl (C=O) groups is 1. The molecule has 1 N–H and O–H groups in total. The van der Waals surface area contributed by atoms with Crippen LogP contribution in [0.15, 0.2) is 18.5 Å². The fourth-order valence-electron chi connectivity index (χ4n) is 2.43. The van der Waals surface area contributed by atoms with Crippen LogP contribution in [0, 0.1) is 5.41 Å². The first-order valence-corrected chi connectivity index (χ1v) is 5.84. The van der Waals surface area contributed by atoms with Gasteiger partial charge in [-0.3, -0.25) is 9.78 Å². The van der Waals surface area contributed by atoms with Crippen LogP contribution in [0.1, 0.15) is 31.2 Å². The van der Waals surface area contributed by atoms with Crippen molar-refractivity contribution in [2.75, 3.05) is 0 Å². The number of nitrogens with zero attached hydrogens (tertiary/aromatic N) is 1. The van der Waals surface area contributed by atoms with E-state index in [-0.39, 0.29) is 0 Å². The number of aromatic nitrogens is 1. The second-order valence-corrected chi connectivity index (χ2v) is 4.84. The summed E-state index contributed by atoms with van der Waals surface area (Å²) in [7, 11) is 0. The Labute approximate surface area is 99.5 Å². The van der Waals surface area contributed by atoms with E-state index in [1.165, 1.54) is 0 Å². The van der Waals surface area contributed by atoms with Crippen LogP contribution in [-0.4, -0.2) is 16.1 Å². The first-order valence-electron chi connectivity index (χ1n) is 5.46. The molecule has 0 atom stereocenters. The van der Waals surface area contributed by atoms with E-state index < -0.39 is 11.4 Å². The molecule has 1 saturated carbocycles. The number of aliphatic carboxylic acids is 1. The van der Waals surface area contributed by atoms with Crippen LogP contribution in [0.3, 0.4) is 0 Å². The minimum atomic E-state index is -0.696. The van der Waals surface area contributed by atoms with Gasteiger partial charge in [-0.15, -0.1) is 0 Å². The molecular formula is C12H14ClNO2. The van der Waals surface area contributed by atoms with Crippen LogP contribution < -0.4 is 0 Å². The molecule has 0 amide bonds. The lowest BCUT2D eigenvalue weighted by Crippen LogP contribution is -2.30. The number of hydrogen-bond acceptors (Lipinski definition) is 2. The van der Waals surface area contributed by atoms with Crippen LogP contribution >= 0.6 is 11.6 Å². The number of carboxylic acid groups (broad SMARTS) is 1. The topological polar surface area (TPSA) is 50.2 Å². The van der Waals surface area contributed by atoms with Crippen LogP contribution in [0.5, 0.6) is 0 Å². The molecule has 1 fully saturated rings. The highest BCUT2D eigenvalue weighted by atomic mass is 35.5. The predicted molar refractivity (Wildman–Crippen MR) is 61.5 cm³/mol. The average molecular weight is 240 g/mol. The van der Waals surface area contributed by atoms with E-state index in [9.17, 15) is 9.90 Å². The van der Waals surface area contributed by atoms with Crippen molar-refractivity contribution in [1.82, 2.24) is 4.98 Å². The summed E-state index contributed by atoms with van der Waals surface area (Å²) in [6.07, 6.45) is 7.24. The van der Waals surface area contributed by atoms with Crippen molar-refractivity contribution >= 4 is 17.6 Å². The molecule has 0 spiro atoms. The third-order valence-corrected chi connectivity index (χ3v) is 3.74. The number of halogens is 1. The standard InChI is InChI=1S/C12H14ClNO2/c13-10-8-14-6-3-9(10)7-12(11(15)16)4-1-2-5-12/h3,6,8H,1-2,4-5,7H2,(H,15,16). The van der Waals surface area contributed by atoms with Gasteiger partial charge in [-0.2, -0.15) is 0 Å². The summed E-state index contributed by atoms with van der Waals surface area (Å²) in [5.41, 5.74) is 0.284. The van der Waals surface area contributed by atoms with Gasteiger partial charge in [-0.05, 0) is 30.9 Å². The predicted octanol–water partition coefficient (Wildman–Crippen LogP) is 2.92. The van der Waals surface area contributed by atoms with Crippen LogP contribution in [0.2, 0.25) is 5.02 Å². The molecule has 86 valence electrons. The lowest BCUT2D eigenvalue weighted by Gasteiger charge is -2.24. The van der Waals surface area contributed by atoms with Gasteiger partial charge in [0.2, 0.25) is 0 Å². The molecule has 1 aliphatic carbocycles. The van der Waals surface area contributed by atoms with E-state index in [0.29, 0.717) is 11.4 Å². The molecule has 0 aliphatic heterocycles. The van der Waals surface area contributed by atoms with Gasteiger partial charge in [0.05, 0.1) is 10.4 Å². The van der Waals surface area contributed by atoms with E-state index in [1.807, 2.05) is 6.07 Å². The molecule has 0 aromatic carbocycles. The largest absolute Gasteiger partial charge is 0.481 e. The van der Waals surface area contributed by atoms with Crippen molar-refractivity contribution in [2.45, 2.75) is 32.1 Å². The minimum absolute atomic E-state index is 0.518. The molecule has 3 nitrogen and oxygen atoms in total. The minimum Gasteiger partial charge on any atom is -0.481 e. The van der Waals surface area contributed by atoms with Gasteiger partial charge in [0.25, 0.3) is 0 Å². The van der Waals surface area contributed by atoms with E-state index in [1.54, 1.807) is 12.4 Å². The summed E-state index contributed by atoms with van der Waals surface area (Å²) in [5.74, 6) is -0.696. The first-order chi connectivity index (χ1) is 7.64. The summed E-state index contributed by atoms with van der Waals surface area (Å²) >= 11 is 6.01. The average Bonchev–Trinajstić information content (AvgIpc) is 2.71. The Morgan fingerprint density at radius 1 is 1.50 bits per heavy atom. The van der Waals surface area contributed by atoms with E-state index in [0.717, 1.165) is 31.2 Å². The highest BCUT2D eigenvalue weighted by Crippen LogP contribution is 2.42. The Morgan fingerprint density at radius 3 is 2.75 bits per heavy atom. The van der Waals surface area contributed by atoms with Crippen LogP contribution in [-0.2, 0) is 11.2 Å². The molecule has 1 aromatic heterocycles. The summed E-state index contributed by atoms with van der Waals surface area (Å²) in [6, 6.07) is 1.81. The Hall–Kier alpha value is -1.09. The van der Waals surface area contributed by atoms with Crippen LogP contribution in [0.4, 0.5) is 0 Å². The molecular weight excluding hydrogens is 226 g/mol. The van der Waals surface area contributed by atoms with Gasteiger partial charge in [-0.25, -0.2) is 0 Å². The van der Waals surface area contributed by atoms with Crippen molar-refractivity contribution in [1.29, 1.82) is 0 Å². The van der Waals surface area contributed by atoms with Crippen molar-refractivity contribution in [3.8, 4) is 0 Å². The van der Waals surface area contributed by atoms with Crippen molar-refractivity contribution < 1.29 is 9.90 Å². The second-order valence-electron chi connectivity index (χ2n) is 4.44. The van der Waals surface area contributed by atoms with Gasteiger partial charge in [0.15, 0.2) is 0 Å². The third kappa shape index (κ3) is 2.05. The smallest absolute Gasteiger partial charge is 0.309 e. The van der Waals surface area contributed by atoms with E-state index >= 15 is 0 Å². The normalized spacial score (nSPS) is 18.6. The summed E-state index contributed by atoms with van der Waals surface area (Å²) in [4.78, 5) is 15.3. The third-order valence-electron chi connectivity index (χ3n) is 3.40. The quantitative estimate of drug-likeness (QED) is 0.882. The summed E-state index contributed by atoms with van der Waals surface area (Å²) in [6.45, 7) is 0. The summed E-state index contributed by atoms with van der Waals surface area (Å²) < 4.78 is 0. The maximum atomic E-state index is 11.4. The van der Waals surface area contributed by atoms with E-state index in [2.05, 4.69) is 4.98 Å². The lowest BCUT2D eigenvalue weighted by atomic mass is 9.80. The fraction of sp³-hybridized carbons (Fsp3) is 0.500. The number of carboxylic acids is 1.